The van der Waals surface area contributed by atoms with Crippen LogP contribution in [-0.4, -0.2) is 27.6 Å². The van der Waals surface area contributed by atoms with Gasteiger partial charge in [0.25, 0.3) is 11.5 Å². The number of carbonyl (C=O) groups is 1. The zero-order valence-corrected chi connectivity index (χ0v) is 14.6. The Morgan fingerprint density at radius 1 is 1.00 bits per heavy atom. The van der Waals surface area contributed by atoms with E-state index in [9.17, 15) is 10.0 Å². The fourth-order valence-electron chi connectivity index (χ4n) is 5.54. The number of allylic oxidation sites excluding steroid dienone is 1. The lowest BCUT2D eigenvalue weighted by atomic mass is 9.68. The molecule has 2 fully saturated rings. The molecule has 5 heteroatoms. The van der Waals surface area contributed by atoms with Gasteiger partial charge in [0.15, 0.2) is 0 Å². The third-order valence-corrected chi connectivity index (χ3v) is 6.57. The van der Waals surface area contributed by atoms with Crippen molar-refractivity contribution in [2.75, 3.05) is 0 Å². The number of benzene rings is 2. The van der Waals surface area contributed by atoms with E-state index in [1.54, 1.807) is 12.1 Å². The molecule has 0 amide bonds. The molecule has 27 heavy (non-hydrogen) atoms. The third kappa shape index (κ3) is 1.68. The normalized spacial score (nSPS) is 35.9. The number of nitrogens with zero attached hydrogens (tertiary/aromatic N) is 2. The summed E-state index contributed by atoms with van der Waals surface area (Å²) in [6.45, 7) is 0. The van der Waals surface area contributed by atoms with Gasteiger partial charge in [-0.05, 0) is 40.1 Å². The molecule has 4 aliphatic rings. The summed E-state index contributed by atoms with van der Waals surface area (Å²) in [5.41, 5.74) is 0.518. The van der Waals surface area contributed by atoms with Crippen LogP contribution < -0.4 is 0 Å². The average Bonchev–Trinajstić information content (AvgIpc) is 3.44. The number of hydrogen-bond donors (Lipinski definition) is 0. The smallest absolute Gasteiger partial charge is 0.297 e. The minimum absolute atomic E-state index is 0.0555. The summed E-state index contributed by atoms with van der Waals surface area (Å²) in [5.74, 6) is 0.300. The van der Waals surface area contributed by atoms with Crippen molar-refractivity contribution in [3.63, 3.8) is 0 Å². The molecule has 1 saturated heterocycles. The highest BCUT2D eigenvalue weighted by Gasteiger charge is 2.75. The summed E-state index contributed by atoms with van der Waals surface area (Å²) in [5, 5.41) is 14.6. The number of fused-ring (bicyclic) bond motifs is 7. The Bertz CT molecular complexity index is 1000. The van der Waals surface area contributed by atoms with Crippen LogP contribution in [-0.2, 0) is 15.2 Å². The lowest BCUT2D eigenvalue weighted by Gasteiger charge is -2.32. The van der Waals surface area contributed by atoms with Gasteiger partial charge in [-0.2, -0.15) is 0 Å². The van der Waals surface area contributed by atoms with Gasteiger partial charge in [-0.3, -0.25) is 4.79 Å². The van der Waals surface area contributed by atoms with Crippen molar-refractivity contribution in [1.29, 1.82) is 0 Å². The summed E-state index contributed by atoms with van der Waals surface area (Å²) >= 11 is 0. The highest BCUT2D eigenvalue weighted by molar-refractivity contribution is 6.47. The van der Waals surface area contributed by atoms with Gasteiger partial charge in [0.05, 0.1) is 5.56 Å². The van der Waals surface area contributed by atoms with E-state index in [2.05, 4.69) is 12.2 Å². The second-order valence-electron chi connectivity index (χ2n) is 7.77. The molecule has 1 saturated carbocycles. The molecule has 2 bridgehead atoms. The van der Waals surface area contributed by atoms with Crippen molar-refractivity contribution < 1.29 is 14.5 Å². The van der Waals surface area contributed by atoms with Gasteiger partial charge in [-0.1, -0.05) is 60.7 Å². The largest absolute Gasteiger partial charge is 0.594 e. The molecule has 2 aromatic carbocycles. The van der Waals surface area contributed by atoms with Crippen LogP contribution in [0.4, 0.5) is 0 Å². The summed E-state index contributed by atoms with van der Waals surface area (Å²) in [6.07, 6.45) is 5.24. The number of hydroxylamine groups is 1. The zero-order chi connectivity index (χ0) is 18.2. The second-order valence-corrected chi connectivity index (χ2v) is 7.77. The van der Waals surface area contributed by atoms with E-state index in [-0.39, 0.29) is 35.4 Å². The van der Waals surface area contributed by atoms with Gasteiger partial charge < -0.3 is 5.21 Å². The Kier molecular flexibility index (Phi) is 2.85. The van der Waals surface area contributed by atoms with Crippen molar-refractivity contribution in [1.82, 2.24) is 5.17 Å². The van der Waals surface area contributed by atoms with Crippen LogP contribution in [0, 0.1) is 23.0 Å². The molecule has 2 aliphatic carbocycles. The minimum atomic E-state index is -1.09. The van der Waals surface area contributed by atoms with Crippen LogP contribution in [0.2, 0.25) is 0 Å². The number of Topliss-reactive ketones (excluding diaryl/α,β-unsaturated/α-hetero) is 1. The highest BCUT2D eigenvalue weighted by atomic mass is 16.8. The Balaban J connectivity index is 1.59. The van der Waals surface area contributed by atoms with Gasteiger partial charge in [0.1, 0.15) is 6.10 Å². The van der Waals surface area contributed by atoms with Crippen LogP contribution in [0.5, 0.6) is 0 Å². The van der Waals surface area contributed by atoms with E-state index in [0.29, 0.717) is 10.4 Å². The van der Waals surface area contributed by atoms with Crippen molar-refractivity contribution in [3.8, 4) is 0 Å². The maximum Gasteiger partial charge on any atom is 0.297 e. The number of hydrazine groups is 1. The second kappa shape index (κ2) is 5.08. The highest BCUT2D eigenvalue weighted by Crippen LogP contribution is 2.61. The molecule has 2 heterocycles. The Hall–Kier alpha value is -2.92. The quantitative estimate of drug-likeness (QED) is 0.471. The molecule has 5 atom stereocenters. The van der Waals surface area contributed by atoms with Crippen molar-refractivity contribution in [2.45, 2.75) is 18.1 Å². The first-order chi connectivity index (χ1) is 13.2. The SMILES string of the molecule is O=C1C(c2ccccc2)=[N+]([O-])N2O[C@H]3[C@H]([C@@H]4C=C[C@H]3C4)[C@@]12c1ccccc1. The summed E-state index contributed by atoms with van der Waals surface area (Å²) in [4.78, 5) is 20.8. The van der Waals surface area contributed by atoms with E-state index < -0.39 is 5.54 Å². The molecule has 2 aliphatic heterocycles. The van der Waals surface area contributed by atoms with Crippen LogP contribution in [0.25, 0.3) is 0 Å². The average molecular weight is 358 g/mol. The fraction of sp³-hybridized carbons (Fsp3) is 0.273. The van der Waals surface area contributed by atoms with Crippen molar-refractivity contribution in [3.05, 3.63) is 89.1 Å². The van der Waals surface area contributed by atoms with Crippen molar-refractivity contribution in [2.24, 2.45) is 17.8 Å². The summed E-state index contributed by atoms with van der Waals surface area (Å²) in [7, 11) is 0. The van der Waals surface area contributed by atoms with Crippen LogP contribution in [0.1, 0.15) is 17.5 Å². The van der Waals surface area contributed by atoms with Crippen LogP contribution in [0.15, 0.2) is 72.8 Å². The lowest BCUT2D eigenvalue weighted by Crippen LogP contribution is -2.50. The predicted molar refractivity (Wildman–Crippen MR) is 98.2 cm³/mol. The Morgan fingerprint density at radius 3 is 2.41 bits per heavy atom. The third-order valence-electron chi connectivity index (χ3n) is 6.57. The first kappa shape index (κ1) is 15.2. The summed E-state index contributed by atoms with van der Waals surface area (Å²) in [6, 6.07) is 18.8. The molecular formula is C22H18N2O3. The number of ketones is 1. The first-order valence-corrected chi connectivity index (χ1v) is 9.38. The molecule has 0 radical (unpaired) electrons. The first-order valence-electron chi connectivity index (χ1n) is 9.38. The molecule has 0 N–H and O–H groups in total. The molecule has 0 unspecified atom stereocenters. The monoisotopic (exact) mass is 358 g/mol. The Labute approximate surface area is 156 Å². The number of rotatable bonds is 2. The van der Waals surface area contributed by atoms with Crippen LogP contribution >= 0.6 is 0 Å². The van der Waals surface area contributed by atoms with Gasteiger partial charge >= 0.3 is 0 Å². The topological polar surface area (TPSA) is 55.6 Å². The number of hydrogen-bond acceptors (Lipinski definition) is 4. The van der Waals surface area contributed by atoms with Crippen molar-refractivity contribution >= 4 is 11.5 Å². The van der Waals surface area contributed by atoms with E-state index >= 15 is 0 Å². The molecule has 5 nitrogen and oxygen atoms in total. The molecule has 0 aromatic heterocycles. The number of hydrazone groups is 1. The minimum Gasteiger partial charge on any atom is -0.594 e. The molecule has 2 aromatic rings. The van der Waals surface area contributed by atoms with Gasteiger partial charge in [-0.25, -0.2) is 4.84 Å². The van der Waals surface area contributed by atoms with Gasteiger partial charge in [0.2, 0.25) is 5.54 Å². The van der Waals surface area contributed by atoms with Gasteiger partial charge in [0, 0.05) is 11.8 Å². The fourth-order valence-corrected chi connectivity index (χ4v) is 5.54. The molecule has 6 rings (SSSR count). The number of carbonyl (C=O) groups excluding carboxylic acids is 1. The Morgan fingerprint density at radius 2 is 1.67 bits per heavy atom. The molecular weight excluding hydrogens is 340 g/mol. The predicted octanol–water partition coefficient (Wildman–Crippen LogP) is 2.82. The molecule has 134 valence electrons. The van der Waals surface area contributed by atoms with Crippen LogP contribution in [0.3, 0.4) is 0 Å². The standard InChI is InChI=1S/C22H18N2O3/c25-21-19(14-7-3-1-4-8-14)23(26)24-22(21,17-9-5-2-6-10-17)18-15-11-12-16(13-15)20(18)27-24/h1-12,15-16,18,20H,13H2/t15-,16+,18+,20-,22+/m1/s1. The maximum absolute atomic E-state index is 13.9. The molecule has 0 spiro atoms. The van der Waals surface area contributed by atoms with E-state index in [4.69, 9.17) is 4.84 Å². The zero-order valence-electron chi connectivity index (χ0n) is 14.6. The van der Waals surface area contributed by atoms with Gasteiger partial charge in [-0.15, -0.1) is 0 Å². The van der Waals surface area contributed by atoms with E-state index in [1.807, 2.05) is 48.5 Å². The maximum atomic E-state index is 13.9. The van der Waals surface area contributed by atoms with E-state index in [1.165, 1.54) is 5.17 Å². The lowest BCUT2D eigenvalue weighted by molar-refractivity contribution is -0.722. The summed E-state index contributed by atoms with van der Waals surface area (Å²) < 4.78 is 0. The van der Waals surface area contributed by atoms with E-state index in [0.717, 1.165) is 12.0 Å².